The molecule has 0 aliphatic heterocycles. The Morgan fingerprint density at radius 2 is 1.87 bits per heavy atom. The molecule has 4 atom stereocenters. The van der Waals surface area contributed by atoms with Crippen molar-refractivity contribution in [3.05, 3.63) is 75.8 Å². The van der Waals surface area contributed by atoms with Crippen LogP contribution in [0.25, 0.3) is 5.76 Å². The van der Waals surface area contributed by atoms with Gasteiger partial charge in [0.1, 0.15) is 28.5 Å². The first-order valence-electron chi connectivity index (χ1n) is 11.9. The highest BCUT2D eigenvalue weighted by atomic mass is 16.3. The van der Waals surface area contributed by atoms with Crippen LogP contribution in [0.3, 0.4) is 0 Å². The molecule has 1 aromatic heterocycles. The lowest BCUT2D eigenvalue weighted by atomic mass is 9.57. The second-order valence-electron chi connectivity index (χ2n) is 9.91. The van der Waals surface area contributed by atoms with E-state index in [4.69, 9.17) is 5.73 Å². The molecular weight excluding hydrogens is 490 g/mol. The third-order valence-electron chi connectivity index (χ3n) is 7.59. The van der Waals surface area contributed by atoms with Crippen molar-refractivity contribution in [1.29, 1.82) is 0 Å². The molecule has 0 radical (unpaired) electrons. The van der Waals surface area contributed by atoms with Crippen molar-refractivity contribution in [3.63, 3.8) is 0 Å². The fourth-order valence-electron chi connectivity index (χ4n) is 5.93. The maximum absolute atomic E-state index is 13.8. The van der Waals surface area contributed by atoms with Gasteiger partial charge >= 0.3 is 0 Å². The van der Waals surface area contributed by atoms with Gasteiger partial charge in [-0.15, -0.1) is 0 Å². The summed E-state index contributed by atoms with van der Waals surface area (Å²) in [6.07, 6.45) is 1.77. The molecule has 1 fully saturated rings. The zero-order chi connectivity index (χ0) is 27.5. The molecule has 1 aromatic carbocycles. The van der Waals surface area contributed by atoms with Crippen LogP contribution in [0.15, 0.2) is 53.4 Å². The number of aliphatic hydroxyl groups excluding tert-OH is 2. The SMILES string of the molecule is CN(C)[C@@H]1C(=O)C(C(N)=O)=C(O)[C@]2(O)C(=O)C3=C(O)c4c(O)ccc(C#Cc5ccccn5)c4C[C@H]3C[C@@H]12. The molecule has 1 heterocycles. The van der Waals surface area contributed by atoms with Crippen molar-refractivity contribution in [1.82, 2.24) is 9.88 Å². The minimum absolute atomic E-state index is 0.00545. The van der Waals surface area contributed by atoms with Crippen LogP contribution in [0, 0.1) is 23.7 Å². The van der Waals surface area contributed by atoms with Gasteiger partial charge in [-0.3, -0.25) is 19.3 Å². The minimum atomic E-state index is -2.67. The fraction of sp³-hybridized carbons (Fsp3) is 0.286. The first-order valence-corrected chi connectivity index (χ1v) is 11.9. The van der Waals surface area contributed by atoms with E-state index in [2.05, 4.69) is 16.8 Å². The lowest BCUT2D eigenvalue weighted by molar-refractivity contribution is -0.153. The van der Waals surface area contributed by atoms with Crippen LogP contribution in [0.2, 0.25) is 0 Å². The average molecular weight is 516 g/mol. The number of hydrogen-bond donors (Lipinski definition) is 5. The van der Waals surface area contributed by atoms with Crippen LogP contribution >= 0.6 is 0 Å². The van der Waals surface area contributed by atoms with E-state index in [-0.39, 0.29) is 29.7 Å². The number of aromatic hydroxyl groups is 1. The van der Waals surface area contributed by atoms with E-state index in [1.807, 2.05) is 0 Å². The van der Waals surface area contributed by atoms with Crippen molar-refractivity contribution >= 4 is 23.2 Å². The number of pyridine rings is 1. The van der Waals surface area contributed by atoms with E-state index in [1.165, 1.54) is 11.0 Å². The number of phenols is 1. The van der Waals surface area contributed by atoms with Crippen LogP contribution in [0.5, 0.6) is 5.75 Å². The number of hydrogen-bond acceptors (Lipinski definition) is 9. The van der Waals surface area contributed by atoms with Crippen LogP contribution in [-0.2, 0) is 20.8 Å². The highest BCUT2D eigenvalue weighted by Gasteiger charge is 2.64. The molecule has 3 aliphatic carbocycles. The van der Waals surface area contributed by atoms with Gasteiger partial charge in [0.2, 0.25) is 5.78 Å². The van der Waals surface area contributed by atoms with Gasteiger partial charge in [-0.25, -0.2) is 4.98 Å². The van der Waals surface area contributed by atoms with Gasteiger partial charge < -0.3 is 26.2 Å². The molecule has 194 valence electrons. The maximum Gasteiger partial charge on any atom is 0.255 e. The zero-order valence-corrected chi connectivity index (χ0v) is 20.6. The monoisotopic (exact) mass is 515 g/mol. The molecule has 0 spiro atoms. The number of fused-ring (bicyclic) bond motifs is 3. The number of amides is 1. The Labute approximate surface area is 217 Å². The summed E-state index contributed by atoms with van der Waals surface area (Å²) in [7, 11) is 3.10. The first-order chi connectivity index (χ1) is 18.0. The van der Waals surface area contributed by atoms with E-state index in [0.29, 0.717) is 16.8 Å². The number of ketones is 2. The Morgan fingerprint density at radius 1 is 1.13 bits per heavy atom. The zero-order valence-electron chi connectivity index (χ0n) is 20.6. The van der Waals surface area contributed by atoms with Crippen LogP contribution < -0.4 is 5.73 Å². The van der Waals surface area contributed by atoms with Crippen molar-refractivity contribution in [3.8, 4) is 17.6 Å². The lowest BCUT2D eigenvalue weighted by Crippen LogP contribution is -2.65. The Bertz CT molecular complexity index is 1530. The van der Waals surface area contributed by atoms with Gasteiger partial charge in [-0.2, -0.15) is 0 Å². The summed E-state index contributed by atoms with van der Waals surface area (Å²) in [6, 6.07) is 7.09. The first kappa shape index (κ1) is 25.2. The maximum atomic E-state index is 13.8. The lowest BCUT2D eigenvalue weighted by Gasteiger charge is -2.50. The molecule has 0 bridgehead atoms. The van der Waals surface area contributed by atoms with Gasteiger partial charge in [0.15, 0.2) is 11.4 Å². The third kappa shape index (κ3) is 3.51. The Morgan fingerprint density at radius 3 is 2.50 bits per heavy atom. The Balaban J connectivity index is 1.69. The van der Waals surface area contributed by atoms with E-state index >= 15 is 0 Å². The quantitative estimate of drug-likeness (QED) is 0.286. The molecule has 5 rings (SSSR count). The van der Waals surface area contributed by atoms with Gasteiger partial charge in [-0.1, -0.05) is 12.0 Å². The van der Waals surface area contributed by atoms with Crippen LogP contribution in [0.4, 0.5) is 0 Å². The summed E-state index contributed by atoms with van der Waals surface area (Å²) in [4.78, 5) is 44.7. The normalized spacial score (nSPS) is 26.4. The van der Waals surface area contributed by atoms with Crippen LogP contribution in [-0.4, -0.2) is 73.5 Å². The molecule has 38 heavy (non-hydrogen) atoms. The fourth-order valence-corrected chi connectivity index (χ4v) is 5.93. The second kappa shape index (κ2) is 8.83. The molecule has 0 unspecified atom stereocenters. The second-order valence-corrected chi connectivity index (χ2v) is 9.91. The molecule has 1 saturated carbocycles. The molecule has 6 N–H and O–H groups in total. The number of likely N-dealkylation sites (N-methyl/N-ethyl adjacent to an activating group) is 1. The number of primary amides is 1. The van der Waals surface area contributed by atoms with Crippen molar-refractivity contribution in [2.45, 2.75) is 24.5 Å². The van der Waals surface area contributed by atoms with Gasteiger partial charge in [0.05, 0.1) is 11.6 Å². The molecule has 10 nitrogen and oxygen atoms in total. The predicted octanol–water partition coefficient (Wildman–Crippen LogP) is 0.759. The summed E-state index contributed by atoms with van der Waals surface area (Å²) in [5, 5.41) is 44.4. The standard InChI is InChI=1S/C28H25N3O7/c1-31(2)22-17-12-14-11-16-13(6-8-15-5-3-4-10-30-15)7-9-18(32)20(16)23(33)19(14)25(35)28(17,38)26(36)21(24(22)34)27(29)37/h3-5,7,9-10,14,17,22,32-33,36,38H,11-12H2,1-2H3,(H2,29,37)/t14-,17-,22-,28+/m0/s1. The molecule has 3 aliphatic rings. The molecule has 10 heteroatoms. The third-order valence-corrected chi connectivity index (χ3v) is 7.59. The van der Waals surface area contributed by atoms with Gasteiger partial charge in [0.25, 0.3) is 5.91 Å². The number of nitrogens with two attached hydrogens (primary N) is 1. The topological polar surface area (TPSA) is 174 Å². The van der Waals surface area contributed by atoms with Crippen molar-refractivity contribution in [2.24, 2.45) is 17.6 Å². The molecule has 0 saturated heterocycles. The number of aromatic nitrogens is 1. The summed E-state index contributed by atoms with van der Waals surface area (Å²) in [5.74, 6) is -0.943. The van der Waals surface area contributed by atoms with E-state index in [1.54, 1.807) is 44.6 Å². The highest BCUT2D eigenvalue weighted by Crippen LogP contribution is 2.52. The van der Waals surface area contributed by atoms with Gasteiger partial charge in [-0.05, 0) is 68.6 Å². The smallest absolute Gasteiger partial charge is 0.255 e. The number of carbonyl (C=O) groups is 3. The van der Waals surface area contributed by atoms with E-state index in [0.717, 1.165) is 0 Å². The molecule has 1 amide bonds. The van der Waals surface area contributed by atoms with Crippen LogP contribution in [0.1, 0.15) is 28.8 Å². The number of phenolic OH excluding ortho intramolecular Hbond substituents is 1. The Hall–Kier alpha value is -4.46. The summed E-state index contributed by atoms with van der Waals surface area (Å²) in [5.41, 5.74) is 3.13. The number of Topliss-reactive ketones (excluding diaryl/α,β-unsaturated/α-hetero) is 2. The predicted molar refractivity (Wildman–Crippen MR) is 134 cm³/mol. The summed E-state index contributed by atoms with van der Waals surface area (Å²) >= 11 is 0. The number of nitrogens with zero attached hydrogens (tertiary/aromatic N) is 2. The van der Waals surface area contributed by atoms with Crippen molar-refractivity contribution in [2.75, 3.05) is 14.1 Å². The van der Waals surface area contributed by atoms with Gasteiger partial charge in [0, 0.05) is 23.3 Å². The Kier molecular flexibility index (Phi) is 5.86. The van der Waals surface area contributed by atoms with E-state index in [9.17, 15) is 34.8 Å². The number of benzene rings is 1. The number of carbonyl (C=O) groups excluding carboxylic acids is 3. The average Bonchev–Trinajstić information content (AvgIpc) is 2.86. The molecular formula is C28H25N3O7. The number of rotatable bonds is 2. The summed E-state index contributed by atoms with van der Waals surface area (Å²) in [6.45, 7) is 0. The minimum Gasteiger partial charge on any atom is -0.508 e. The summed E-state index contributed by atoms with van der Waals surface area (Å²) < 4.78 is 0. The highest BCUT2D eigenvalue weighted by molar-refractivity contribution is 6.24. The van der Waals surface area contributed by atoms with E-state index < -0.39 is 58.0 Å². The van der Waals surface area contributed by atoms with Crippen molar-refractivity contribution < 1.29 is 34.8 Å². The number of aliphatic hydroxyl groups is 3. The molecule has 2 aromatic rings. The largest absolute Gasteiger partial charge is 0.508 e.